The average Bonchev–Trinajstić information content (AvgIpc) is 2.88. The molecule has 0 saturated carbocycles. The second-order valence-electron chi connectivity index (χ2n) is 4.32. The summed E-state index contributed by atoms with van der Waals surface area (Å²) in [6.07, 6.45) is 1.60. The Balaban J connectivity index is 1.68. The fourth-order valence-corrected chi connectivity index (χ4v) is 1.65. The van der Waals surface area contributed by atoms with Gasteiger partial charge in [-0.3, -0.25) is 4.68 Å². The molecule has 0 fully saturated rings. The molecule has 1 aromatic heterocycles. The molecule has 6 heteroatoms. The highest BCUT2D eigenvalue weighted by molar-refractivity contribution is 5.27. The minimum atomic E-state index is 0.372. The Bertz CT molecular complexity index is 510. The van der Waals surface area contributed by atoms with Crippen molar-refractivity contribution in [3.05, 3.63) is 36.2 Å². The molecule has 0 aliphatic heterocycles. The molecule has 1 N–H and O–H groups in total. The van der Waals surface area contributed by atoms with E-state index in [0.29, 0.717) is 19.2 Å². The van der Waals surface area contributed by atoms with E-state index in [1.54, 1.807) is 18.1 Å². The van der Waals surface area contributed by atoms with E-state index in [2.05, 4.69) is 34.5 Å². The van der Waals surface area contributed by atoms with Crippen molar-refractivity contribution in [2.24, 2.45) is 7.05 Å². The second-order valence-corrected chi connectivity index (χ2v) is 4.32. The lowest BCUT2D eigenvalue weighted by Crippen LogP contribution is -2.12. The molecule has 1 aromatic carbocycles. The highest BCUT2D eigenvalue weighted by atomic mass is 16.5. The molecule has 0 saturated heterocycles. The van der Waals surface area contributed by atoms with Crippen molar-refractivity contribution in [3.63, 3.8) is 0 Å². The molecule has 2 rings (SSSR count). The summed E-state index contributed by atoms with van der Waals surface area (Å²) >= 11 is 0. The van der Waals surface area contributed by atoms with Crippen molar-refractivity contribution in [1.82, 2.24) is 20.1 Å². The predicted molar refractivity (Wildman–Crippen MR) is 75.8 cm³/mol. The van der Waals surface area contributed by atoms with Crippen LogP contribution in [0.25, 0.3) is 0 Å². The van der Waals surface area contributed by atoms with Gasteiger partial charge in [0.1, 0.15) is 25.3 Å². The topological polar surface area (TPSA) is 61.2 Å². The minimum Gasteiger partial charge on any atom is -0.490 e. The summed E-state index contributed by atoms with van der Waals surface area (Å²) in [7, 11) is 1.80. The zero-order valence-corrected chi connectivity index (χ0v) is 11.9. The number of hydrogen-bond acceptors (Lipinski definition) is 5. The van der Waals surface area contributed by atoms with Crippen LogP contribution in [0.2, 0.25) is 0 Å². The quantitative estimate of drug-likeness (QED) is 0.738. The maximum absolute atomic E-state index is 5.59. The second kappa shape index (κ2) is 7.49. The van der Waals surface area contributed by atoms with Crippen LogP contribution < -0.4 is 14.8 Å². The van der Waals surface area contributed by atoms with Gasteiger partial charge in [-0.1, -0.05) is 19.1 Å². The highest BCUT2D eigenvalue weighted by Crippen LogP contribution is 2.12. The molecule has 0 unspecified atom stereocenters. The standard InChI is InChI=1S/C14H20N4O2/c1-3-15-10-12-4-6-13(7-5-12)19-8-9-20-14-16-11-18(2)17-14/h4-7,11,15H,3,8-10H2,1-2H3. The smallest absolute Gasteiger partial charge is 0.335 e. The van der Waals surface area contributed by atoms with E-state index in [0.717, 1.165) is 18.8 Å². The number of ether oxygens (including phenoxy) is 2. The van der Waals surface area contributed by atoms with Gasteiger partial charge < -0.3 is 14.8 Å². The Morgan fingerprint density at radius 1 is 1.15 bits per heavy atom. The van der Waals surface area contributed by atoms with Gasteiger partial charge in [0.15, 0.2) is 0 Å². The van der Waals surface area contributed by atoms with Gasteiger partial charge in [-0.05, 0) is 24.2 Å². The summed E-state index contributed by atoms with van der Waals surface area (Å²) in [4.78, 5) is 3.97. The first-order valence-electron chi connectivity index (χ1n) is 6.69. The number of benzene rings is 1. The molecule has 0 bridgehead atoms. The van der Waals surface area contributed by atoms with Gasteiger partial charge >= 0.3 is 6.01 Å². The third-order valence-electron chi connectivity index (χ3n) is 2.66. The van der Waals surface area contributed by atoms with Crippen molar-refractivity contribution >= 4 is 0 Å². The van der Waals surface area contributed by atoms with Crippen LogP contribution in [0.3, 0.4) is 0 Å². The van der Waals surface area contributed by atoms with Gasteiger partial charge in [0.25, 0.3) is 0 Å². The van der Waals surface area contributed by atoms with Crippen LogP contribution in [0.1, 0.15) is 12.5 Å². The molecule has 0 radical (unpaired) electrons. The van der Waals surface area contributed by atoms with Gasteiger partial charge in [0.05, 0.1) is 0 Å². The average molecular weight is 276 g/mol. The molecule has 108 valence electrons. The van der Waals surface area contributed by atoms with E-state index in [1.807, 2.05) is 12.1 Å². The first-order valence-corrected chi connectivity index (χ1v) is 6.69. The summed E-state index contributed by atoms with van der Waals surface area (Å²) in [6, 6.07) is 8.41. The highest BCUT2D eigenvalue weighted by Gasteiger charge is 2.00. The van der Waals surface area contributed by atoms with Crippen molar-refractivity contribution < 1.29 is 9.47 Å². The van der Waals surface area contributed by atoms with E-state index >= 15 is 0 Å². The van der Waals surface area contributed by atoms with E-state index < -0.39 is 0 Å². The zero-order valence-electron chi connectivity index (χ0n) is 11.9. The molecule has 0 aliphatic rings. The summed E-state index contributed by atoms with van der Waals surface area (Å²) in [5, 5.41) is 7.30. The van der Waals surface area contributed by atoms with Gasteiger partial charge in [0, 0.05) is 13.6 Å². The molecule has 0 amide bonds. The van der Waals surface area contributed by atoms with Gasteiger partial charge in [0.2, 0.25) is 0 Å². The monoisotopic (exact) mass is 276 g/mol. The number of hydrogen-bond donors (Lipinski definition) is 1. The molecule has 0 atom stereocenters. The zero-order chi connectivity index (χ0) is 14.2. The number of aryl methyl sites for hydroxylation is 1. The van der Waals surface area contributed by atoms with E-state index in [9.17, 15) is 0 Å². The Morgan fingerprint density at radius 2 is 1.90 bits per heavy atom. The number of rotatable bonds is 8. The Kier molecular flexibility index (Phi) is 5.37. The molecule has 2 aromatic rings. The number of nitrogens with one attached hydrogen (secondary N) is 1. The Hall–Kier alpha value is -2.08. The van der Waals surface area contributed by atoms with E-state index in [-0.39, 0.29) is 0 Å². The molecule has 6 nitrogen and oxygen atoms in total. The Labute approximate surface area is 118 Å². The SMILES string of the molecule is CCNCc1ccc(OCCOc2ncn(C)n2)cc1. The number of nitrogens with zero attached hydrogens (tertiary/aromatic N) is 3. The molecule has 0 spiro atoms. The van der Waals surface area contributed by atoms with Crippen molar-refractivity contribution in [3.8, 4) is 11.8 Å². The lowest BCUT2D eigenvalue weighted by molar-refractivity contribution is 0.206. The van der Waals surface area contributed by atoms with Crippen LogP contribution in [0.15, 0.2) is 30.6 Å². The molecule has 20 heavy (non-hydrogen) atoms. The normalized spacial score (nSPS) is 10.5. The summed E-state index contributed by atoms with van der Waals surface area (Å²) < 4.78 is 12.5. The van der Waals surface area contributed by atoms with Gasteiger partial charge in [-0.15, -0.1) is 5.10 Å². The summed E-state index contributed by atoms with van der Waals surface area (Å²) in [6.45, 7) is 4.82. The van der Waals surface area contributed by atoms with Crippen LogP contribution in [0, 0.1) is 0 Å². The van der Waals surface area contributed by atoms with Gasteiger partial charge in [-0.25, -0.2) is 0 Å². The van der Waals surface area contributed by atoms with Crippen molar-refractivity contribution in [2.75, 3.05) is 19.8 Å². The largest absolute Gasteiger partial charge is 0.490 e. The summed E-state index contributed by atoms with van der Waals surface area (Å²) in [5.41, 5.74) is 1.24. The third kappa shape index (κ3) is 4.55. The predicted octanol–water partition coefficient (Wildman–Crippen LogP) is 1.38. The van der Waals surface area contributed by atoms with Crippen molar-refractivity contribution in [2.45, 2.75) is 13.5 Å². The molecular weight excluding hydrogens is 256 g/mol. The minimum absolute atomic E-state index is 0.372. The van der Waals surface area contributed by atoms with Crippen LogP contribution in [0.4, 0.5) is 0 Å². The van der Waals surface area contributed by atoms with Crippen LogP contribution >= 0.6 is 0 Å². The fraction of sp³-hybridized carbons (Fsp3) is 0.429. The van der Waals surface area contributed by atoms with Crippen LogP contribution in [-0.2, 0) is 13.6 Å². The van der Waals surface area contributed by atoms with E-state index in [1.165, 1.54) is 5.56 Å². The maximum Gasteiger partial charge on any atom is 0.335 e. The lowest BCUT2D eigenvalue weighted by Gasteiger charge is -2.07. The van der Waals surface area contributed by atoms with Gasteiger partial charge in [-0.2, -0.15) is 4.98 Å². The van der Waals surface area contributed by atoms with Crippen LogP contribution in [0.5, 0.6) is 11.8 Å². The summed E-state index contributed by atoms with van der Waals surface area (Å²) in [5.74, 6) is 0.836. The maximum atomic E-state index is 5.59. The Morgan fingerprint density at radius 3 is 2.55 bits per heavy atom. The molecule has 0 aliphatic carbocycles. The van der Waals surface area contributed by atoms with Crippen LogP contribution in [-0.4, -0.2) is 34.5 Å². The van der Waals surface area contributed by atoms with E-state index in [4.69, 9.17) is 9.47 Å². The molecule has 1 heterocycles. The first kappa shape index (κ1) is 14.3. The van der Waals surface area contributed by atoms with Crippen molar-refractivity contribution in [1.29, 1.82) is 0 Å². The molecular formula is C14H20N4O2. The first-order chi connectivity index (χ1) is 9.78. The third-order valence-corrected chi connectivity index (χ3v) is 2.66. The number of aromatic nitrogens is 3. The fourth-order valence-electron chi connectivity index (χ4n) is 1.65. The lowest BCUT2D eigenvalue weighted by atomic mass is 10.2.